The van der Waals surface area contributed by atoms with Crippen LogP contribution in [0.3, 0.4) is 0 Å². The molecule has 1 aliphatic heterocycles. The molecule has 1 unspecified atom stereocenters. The summed E-state index contributed by atoms with van der Waals surface area (Å²) in [6, 6.07) is 12.6. The van der Waals surface area contributed by atoms with E-state index < -0.39 is 10.8 Å². The summed E-state index contributed by atoms with van der Waals surface area (Å²) in [7, 11) is -1.24. The average molecular weight is 242 g/mol. The molecule has 2 aromatic rings. The van der Waals surface area contributed by atoms with Gasteiger partial charge >= 0.3 is 0 Å². The number of carbonyl (C=O) groups excluding carboxylic acids is 1. The molecule has 1 aliphatic rings. The minimum Gasteiger partial charge on any atom is -0.289 e. The lowest BCUT2D eigenvalue weighted by Crippen LogP contribution is -2.16. The van der Waals surface area contributed by atoms with Gasteiger partial charge in [0.1, 0.15) is 0 Å². The maximum atomic E-state index is 12.3. The third-order valence-corrected chi connectivity index (χ3v) is 4.42. The molecule has 1 heterocycles. The summed E-state index contributed by atoms with van der Waals surface area (Å²) in [6.45, 7) is 1.93. The van der Waals surface area contributed by atoms with Crippen molar-refractivity contribution in [3.8, 4) is 0 Å². The van der Waals surface area contributed by atoms with Crippen LogP contribution >= 0.6 is 0 Å². The first-order valence-corrected chi connectivity index (χ1v) is 6.49. The van der Waals surface area contributed by atoms with Crippen molar-refractivity contribution in [1.82, 2.24) is 0 Å². The van der Waals surface area contributed by atoms with E-state index in [0.29, 0.717) is 20.9 Å². The minimum absolute atomic E-state index is 0.0288. The van der Waals surface area contributed by atoms with Gasteiger partial charge in [0.05, 0.1) is 20.6 Å². The van der Waals surface area contributed by atoms with E-state index in [2.05, 4.69) is 0 Å². The summed E-state index contributed by atoms with van der Waals surface area (Å²) in [5.74, 6) is -0.0288. The average Bonchev–Trinajstić information content (AvgIpc) is 2.36. The molecule has 0 saturated heterocycles. The highest BCUT2D eigenvalue weighted by molar-refractivity contribution is 7.85. The summed E-state index contributed by atoms with van der Waals surface area (Å²) in [5, 5.41) is 0. The lowest BCUT2D eigenvalue weighted by Gasteiger charge is -2.17. The Morgan fingerprint density at radius 1 is 0.941 bits per heavy atom. The van der Waals surface area contributed by atoms with Gasteiger partial charge in [0.15, 0.2) is 5.78 Å². The highest BCUT2D eigenvalue weighted by Crippen LogP contribution is 2.31. The van der Waals surface area contributed by atoms with E-state index in [0.717, 1.165) is 5.56 Å². The Kier molecular flexibility index (Phi) is 2.23. The zero-order valence-corrected chi connectivity index (χ0v) is 10.1. The fourth-order valence-corrected chi connectivity index (χ4v) is 3.40. The fourth-order valence-electron chi connectivity index (χ4n) is 2.06. The Morgan fingerprint density at radius 2 is 1.65 bits per heavy atom. The Labute approximate surface area is 102 Å². The second-order valence-electron chi connectivity index (χ2n) is 4.09. The molecule has 0 N–H and O–H groups in total. The van der Waals surface area contributed by atoms with Gasteiger partial charge in [0.2, 0.25) is 0 Å². The van der Waals surface area contributed by atoms with E-state index in [9.17, 15) is 9.00 Å². The predicted molar refractivity (Wildman–Crippen MR) is 65.7 cm³/mol. The van der Waals surface area contributed by atoms with E-state index >= 15 is 0 Å². The van der Waals surface area contributed by atoms with Crippen molar-refractivity contribution in [2.45, 2.75) is 16.7 Å². The van der Waals surface area contributed by atoms with E-state index in [1.54, 1.807) is 24.3 Å². The van der Waals surface area contributed by atoms with Crippen molar-refractivity contribution in [2.24, 2.45) is 0 Å². The number of aryl methyl sites for hydroxylation is 1. The minimum atomic E-state index is -1.24. The molecule has 0 aromatic heterocycles. The van der Waals surface area contributed by atoms with Crippen molar-refractivity contribution in [1.29, 1.82) is 0 Å². The molecule has 1 atom stereocenters. The standard InChI is InChI=1S/C14H10O2S/c1-9-6-7-13-11(8-9)14(15)10-4-2-3-5-12(10)17(13)16/h2-8H,1H3. The zero-order valence-electron chi connectivity index (χ0n) is 9.27. The van der Waals surface area contributed by atoms with Gasteiger partial charge in [-0.25, -0.2) is 4.21 Å². The molecule has 2 nitrogen and oxygen atoms in total. The molecule has 3 heteroatoms. The third kappa shape index (κ3) is 1.46. The van der Waals surface area contributed by atoms with Crippen LogP contribution in [0.5, 0.6) is 0 Å². The van der Waals surface area contributed by atoms with E-state index in [4.69, 9.17) is 0 Å². The predicted octanol–water partition coefficient (Wildman–Crippen LogP) is 2.71. The van der Waals surface area contributed by atoms with Crippen molar-refractivity contribution in [3.63, 3.8) is 0 Å². The van der Waals surface area contributed by atoms with Crippen LogP contribution in [0.2, 0.25) is 0 Å². The Balaban J connectivity index is 2.33. The first-order chi connectivity index (χ1) is 8.18. The van der Waals surface area contributed by atoms with Gasteiger partial charge < -0.3 is 0 Å². The molecule has 3 rings (SSSR count). The first-order valence-electron chi connectivity index (χ1n) is 5.34. The van der Waals surface area contributed by atoms with Crippen LogP contribution in [-0.2, 0) is 10.8 Å². The Hall–Kier alpha value is -1.74. The van der Waals surface area contributed by atoms with Crippen molar-refractivity contribution < 1.29 is 9.00 Å². The largest absolute Gasteiger partial charge is 0.289 e. The van der Waals surface area contributed by atoms with Gasteiger partial charge in [-0.15, -0.1) is 0 Å². The van der Waals surface area contributed by atoms with Gasteiger partial charge in [0.25, 0.3) is 0 Å². The molecule has 0 fully saturated rings. The fraction of sp³-hybridized carbons (Fsp3) is 0.0714. The summed E-state index contributed by atoms with van der Waals surface area (Å²) >= 11 is 0. The highest BCUT2D eigenvalue weighted by Gasteiger charge is 2.28. The summed E-state index contributed by atoms with van der Waals surface area (Å²) in [4.78, 5) is 13.5. The van der Waals surface area contributed by atoms with Gasteiger partial charge in [-0.1, -0.05) is 23.8 Å². The molecule has 84 valence electrons. The Morgan fingerprint density at radius 3 is 2.47 bits per heavy atom. The quantitative estimate of drug-likeness (QED) is 0.607. The van der Waals surface area contributed by atoms with Crippen molar-refractivity contribution in [2.75, 3.05) is 0 Å². The third-order valence-electron chi connectivity index (χ3n) is 2.91. The molecule has 0 amide bonds. The summed E-state index contributed by atoms with van der Waals surface area (Å²) in [5.41, 5.74) is 2.14. The molecular weight excluding hydrogens is 232 g/mol. The van der Waals surface area contributed by atoms with E-state index in [-0.39, 0.29) is 5.78 Å². The molecule has 0 bridgehead atoms. The van der Waals surface area contributed by atoms with Crippen LogP contribution in [0.15, 0.2) is 52.3 Å². The smallest absolute Gasteiger partial charge is 0.195 e. The second kappa shape index (κ2) is 3.64. The molecule has 0 radical (unpaired) electrons. The molecular formula is C14H10O2S. The lowest BCUT2D eigenvalue weighted by molar-refractivity contribution is 0.103. The van der Waals surface area contributed by atoms with Crippen molar-refractivity contribution in [3.05, 3.63) is 59.2 Å². The first kappa shape index (κ1) is 10.4. The number of benzene rings is 2. The van der Waals surface area contributed by atoms with Crippen LogP contribution in [0, 0.1) is 6.92 Å². The van der Waals surface area contributed by atoms with Gasteiger partial charge in [0, 0.05) is 11.1 Å². The number of hydrogen-bond donors (Lipinski definition) is 0. The number of ketones is 1. The molecule has 17 heavy (non-hydrogen) atoms. The number of rotatable bonds is 0. The van der Waals surface area contributed by atoms with Gasteiger partial charge in [-0.2, -0.15) is 0 Å². The Bertz CT molecular complexity index is 659. The van der Waals surface area contributed by atoms with Crippen LogP contribution < -0.4 is 0 Å². The van der Waals surface area contributed by atoms with Crippen LogP contribution in [0.4, 0.5) is 0 Å². The second-order valence-corrected chi connectivity index (χ2v) is 5.51. The number of fused-ring (bicyclic) bond motifs is 2. The monoisotopic (exact) mass is 242 g/mol. The van der Waals surface area contributed by atoms with Crippen LogP contribution in [0.25, 0.3) is 0 Å². The summed E-state index contributed by atoms with van der Waals surface area (Å²) < 4.78 is 12.3. The summed E-state index contributed by atoms with van der Waals surface area (Å²) in [6.07, 6.45) is 0. The maximum Gasteiger partial charge on any atom is 0.195 e. The number of hydrogen-bond acceptors (Lipinski definition) is 2. The topological polar surface area (TPSA) is 34.1 Å². The number of carbonyl (C=O) groups is 1. The normalized spacial score (nSPS) is 17.5. The van der Waals surface area contributed by atoms with E-state index in [1.807, 2.05) is 25.1 Å². The van der Waals surface area contributed by atoms with Crippen LogP contribution in [-0.4, -0.2) is 9.99 Å². The SMILES string of the molecule is Cc1ccc2c(c1)C(=O)c1ccccc1S2=O. The molecule has 2 aromatic carbocycles. The van der Waals surface area contributed by atoms with Crippen LogP contribution in [0.1, 0.15) is 21.5 Å². The molecule has 0 saturated carbocycles. The maximum absolute atomic E-state index is 12.3. The zero-order chi connectivity index (χ0) is 12.0. The lowest BCUT2D eigenvalue weighted by atomic mass is 10.0. The van der Waals surface area contributed by atoms with E-state index in [1.165, 1.54) is 0 Å². The molecule has 0 spiro atoms. The van der Waals surface area contributed by atoms with Gasteiger partial charge in [-0.05, 0) is 31.2 Å². The van der Waals surface area contributed by atoms with Crippen molar-refractivity contribution >= 4 is 16.6 Å². The van der Waals surface area contributed by atoms with Gasteiger partial charge in [-0.3, -0.25) is 4.79 Å². The highest BCUT2D eigenvalue weighted by atomic mass is 32.2. The molecule has 0 aliphatic carbocycles.